The third kappa shape index (κ3) is 4.75. The fourth-order valence-corrected chi connectivity index (χ4v) is 5.36. The van der Waals surface area contributed by atoms with Crippen molar-refractivity contribution in [2.75, 3.05) is 38.0 Å². The molecule has 7 heteroatoms. The number of rotatable bonds is 6. The summed E-state index contributed by atoms with van der Waals surface area (Å²) in [4.78, 5) is 7.15. The van der Waals surface area contributed by atoms with Crippen LogP contribution in [-0.4, -0.2) is 61.4 Å². The van der Waals surface area contributed by atoms with Gasteiger partial charge in [0.2, 0.25) is 10.0 Å². The third-order valence-electron chi connectivity index (χ3n) is 5.58. The molecule has 0 aliphatic carbocycles. The van der Waals surface area contributed by atoms with Crippen molar-refractivity contribution in [1.82, 2.24) is 14.2 Å². The summed E-state index contributed by atoms with van der Waals surface area (Å²) < 4.78 is 26.9. The van der Waals surface area contributed by atoms with Crippen molar-refractivity contribution in [3.63, 3.8) is 0 Å². The maximum atomic E-state index is 12.7. The SMILES string of the molecule is CC1CCCN(C(C)CNc2ccc(S(=O)(=O)N3CCCCC3)cn2)C1. The second kappa shape index (κ2) is 8.67. The zero-order valence-corrected chi connectivity index (χ0v) is 16.8. The topological polar surface area (TPSA) is 65.5 Å². The molecular formula is C19H32N4O2S. The minimum atomic E-state index is -3.40. The van der Waals surface area contributed by atoms with E-state index in [1.165, 1.54) is 19.0 Å². The Morgan fingerprint density at radius 3 is 2.62 bits per heavy atom. The average molecular weight is 381 g/mol. The molecule has 2 atom stereocenters. The lowest BCUT2D eigenvalue weighted by molar-refractivity contribution is 0.144. The third-order valence-corrected chi connectivity index (χ3v) is 7.46. The minimum Gasteiger partial charge on any atom is -0.369 e. The van der Waals surface area contributed by atoms with Crippen LogP contribution in [0.25, 0.3) is 0 Å². The summed E-state index contributed by atoms with van der Waals surface area (Å²) in [6.07, 6.45) is 7.08. The molecule has 2 saturated heterocycles. The highest BCUT2D eigenvalue weighted by atomic mass is 32.2. The Morgan fingerprint density at radius 2 is 1.96 bits per heavy atom. The summed E-state index contributed by atoms with van der Waals surface area (Å²) in [5.41, 5.74) is 0. The smallest absolute Gasteiger partial charge is 0.244 e. The average Bonchev–Trinajstić information content (AvgIpc) is 2.67. The molecule has 3 rings (SSSR count). The van der Waals surface area contributed by atoms with Gasteiger partial charge in [-0.1, -0.05) is 13.3 Å². The number of anilines is 1. The van der Waals surface area contributed by atoms with Gasteiger partial charge in [0.25, 0.3) is 0 Å². The van der Waals surface area contributed by atoms with Crippen molar-refractivity contribution in [3.05, 3.63) is 18.3 Å². The van der Waals surface area contributed by atoms with Gasteiger partial charge in [0.15, 0.2) is 0 Å². The number of nitrogens with one attached hydrogen (secondary N) is 1. The van der Waals surface area contributed by atoms with Crippen molar-refractivity contribution in [2.24, 2.45) is 5.92 Å². The lowest BCUT2D eigenvalue weighted by Gasteiger charge is -2.35. The molecule has 0 spiro atoms. The van der Waals surface area contributed by atoms with Crippen LogP contribution in [0.1, 0.15) is 46.0 Å². The number of hydrogen-bond donors (Lipinski definition) is 1. The minimum absolute atomic E-state index is 0.294. The van der Waals surface area contributed by atoms with Crippen LogP contribution < -0.4 is 5.32 Å². The maximum Gasteiger partial charge on any atom is 0.244 e. The molecule has 146 valence electrons. The number of pyridine rings is 1. The van der Waals surface area contributed by atoms with E-state index in [0.717, 1.165) is 50.6 Å². The van der Waals surface area contributed by atoms with E-state index in [9.17, 15) is 8.42 Å². The van der Waals surface area contributed by atoms with Crippen molar-refractivity contribution in [3.8, 4) is 0 Å². The molecule has 0 bridgehead atoms. The quantitative estimate of drug-likeness (QED) is 0.822. The molecule has 2 aliphatic heterocycles. The second-order valence-corrected chi connectivity index (χ2v) is 9.75. The van der Waals surface area contributed by atoms with Crippen molar-refractivity contribution in [2.45, 2.75) is 56.9 Å². The van der Waals surface area contributed by atoms with Gasteiger partial charge in [-0.25, -0.2) is 13.4 Å². The molecule has 0 saturated carbocycles. The van der Waals surface area contributed by atoms with E-state index in [4.69, 9.17) is 0 Å². The Kier molecular flexibility index (Phi) is 6.53. The lowest BCUT2D eigenvalue weighted by atomic mass is 9.99. The lowest BCUT2D eigenvalue weighted by Crippen LogP contribution is -2.43. The molecule has 0 radical (unpaired) electrons. The van der Waals surface area contributed by atoms with Crippen LogP contribution in [-0.2, 0) is 10.0 Å². The second-order valence-electron chi connectivity index (χ2n) is 7.82. The van der Waals surface area contributed by atoms with Gasteiger partial charge in [-0.05, 0) is 57.2 Å². The van der Waals surface area contributed by atoms with Gasteiger partial charge in [-0.15, -0.1) is 0 Å². The Balaban J connectivity index is 1.55. The van der Waals surface area contributed by atoms with Crippen LogP contribution in [0.15, 0.2) is 23.2 Å². The first kappa shape index (κ1) is 19.6. The summed E-state index contributed by atoms with van der Waals surface area (Å²) in [7, 11) is -3.40. The van der Waals surface area contributed by atoms with Crippen molar-refractivity contribution in [1.29, 1.82) is 0 Å². The van der Waals surface area contributed by atoms with E-state index in [-0.39, 0.29) is 0 Å². The number of likely N-dealkylation sites (tertiary alicyclic amines) is 1. The van der Waals surface area contributed by atoms with E-state index in [2.05, 4.69) is 29.0 Å². The Hall–Kier alpha value is -1.18. The first-order valence-electron chi connectivity index (χ1n) is 9.91. The molecule has 2 fully saturated rings. The molecular weight excluding hydrogens is 348 g/mol. The predicted octanol–water partition coefficient (Wildman–Crippen LogP) is 2.79. The largest absolute Gasteiger partial charge is 0.369 e. The molecule has 1 aromatic rings. The fourth-order valence-electron chi connectivity index (χ4n) is 3.90. The van der Waals surface area contributed by atoms with Crippen LogP contribution in [0.5, 0.6) is 0 Å². The molecule has 0 aromatic carbocycles. The zero-order chi connectivity index (χ0) is 18.6. The molecule has 2 unspecified atom stereocenters. The van der Waals surface area contributed by atoms with Gasteiger partial charge in [-0.2, -0.15) is 4.31 Å². The molecule has 2 aliphatic rings. The first-order chi connectivity index (χ1) is 12.5. The first-order valence-corrected chi connectivity index (χ1v) is 11.3. The molecule has 26 heavy (non-hydrogen) atoms. The summed E-state index contributed by atoms with van der Waals surface area (Å²) >= 11 is 0. The van der Waals surface area contributed by atoms with E-state index in [1.807, 2.05) is 0 Å². The number of piperidine rings is 2. The van der Waals surface area contributed by atoms with Gasteiger partial charge in [0.1, 0.15) is 10.7 Å². The van der Waals surface area contributed by atoms with Crippen molar-refractivity contribution < 1.29 is 8.42 Å². The van der Waals surface area contributed by atoms with Crippen LogP contribution in [0.3, 0.4) is 0 Å². The predicted molar refractivity (Wildman–Crippen MR) is 105 cm³/mol. The molecule has 1 aromatic heterocycles. The van der Waals surface area contributed by atoms with Gasteiger partial charge >= 0.3 is 0 Å². The monoisotopic (exact) mass is 380 g/mol. The summed E-state index contributed by atoms with van der Waals surface area (Å²) in [6, 6.07) is 3.89. The van der Waals surface area contributed by atoms with Gasteiger partial charge in [-0.3, -0.25) is 4.90 Å². The fraction of sp³-hybridized carbons (Fsp3) is 0.737. The maximum absolute atomic E-state index is 12.7. The van der Waals surface area contributed by atoms with Crippen molar-refractivity contribution >= 4 is 15.8 Å². The molecule has 1 N–H and O–H groups in total. The van der Waals surface area contributed by atoms with E-state index in [1.54, 1.807) is 16.4 Å². The number of aromatic nitrogens is 1. The highest BCUT2D eigenvalue weighted by Gasteiger charge is 2.26. The zero-order valence-electron chi connectivity index (χ0n) is 16.0. The normalized spacial score (nSPS) is 24.3. The van der Waals surface area contributed by atoms with Crippen LogP contribution in [0.2, 0.25) is 0 Å². The standard InChI is InChI=1S/C19H32N4O2S/c1-16-7-6-10-22(15-16)17(2)13-20-19-9-8-18(14-21-19)26(24,25)23-11-4-3-5-12-23/h8-9,14,16-17H,3-7,10-13,15H2,1-2H3,(H,20,21). The highest BCUT2D eigenvalue weighted by molar-refractivity contribution is 7.89. The highest BCUT2D eigenvalue weighted by Crippen LogP contribution is 2.21. The van der Waals surface area contributed by atoms with E-state index < -0.39 is 10.0 Å². The van der Waals surface area contributed by atoms with Gasteiger partial charge < -0.3 is 5.32 Å². The molecule has 6 nitrogen and oxygen atoms in total. The Labute approximate surface area is 158 Å². The Bertz CT molecular complexity index is 671. The number of nitrogens with zero attached hydrogens (tertiary/aromatic N) is 3. The van der Waals surface area contributed by atoms with Crippen LogP contribution >= 0.6 is 0 Å². The van der Waals surface area contributed by atoms with Crippen LogP contribution in [0.4, 0.5) is 5.82 Å². The van der Waals surface area contributed by atoms with Crippen LogP contribution in [0, 0.1) is 5.92 Å². The summed E-state index contributed by atoms with van der Waals surface area (Å²) in [6.45, 7) is 8.92. The molecule has 3 heterocycles. The summed E-state index contributed by atoms with van der Waals surface area (Å²) in [5.74, 6) is 1.50. The molecule has 0 amide bonds. The number of hydrogen-bond acceptors (Lipinski definition) is 5. The van der Waals surface area contributed by atoms with Gasteiger partial charge in [0, 0.05) is 38.4 Å². The number of sulfonamides is 1. The van der Waals surface area contributed by atoms with E-state index >= 15 is 0 Å². The Morgan fingerprint density at radius 1 is 1.19 bits per heavy atom. The summed E-state index contributed by atoms with van der Waals surface area (Å²) in [5, 5.41) is 3.35. The van der Waals surface area contributed by atoms with Gasteiger partial charge in [0.05, 0.1) is 0 Å². The van der Waals surface area contributed by atoms with E-state index in [0.29, 0.717) is 24.0 Å².